The molecule has 0 aliphatic carbocycles. The molecule has 0 fully saturated rings. The van der Waals surface area contributed by atoms with Gasteiger partial charge in [0.1, 0.15) is 18.1 Å². The second-order valence-corrected chi connectivity index (χ2v) is 4.93. The van der Waals surface area contributed by atoms with Gasteiger partial charge in [0.2, 0.25) is 5.91 Å². The molecule has 2 aromatic rings. The molecule has 0 radical (unpaired) electrons. The van der Waals surface area contributed by atoms with Crippen molar-refractivity contribution in [2.45, 2.75) is 12.5 Å². The first-order chi connectivity index (χ1) is 10.5. The van der Waals surface area contributed by atoms with E-state index in [0.29, 0.717) is 10.6 Å². The first kappa shape index (κ1) is 15.9. The van der Waals surface area contributed by atoms with Crippen LogP contribution in [-0.2, 0) is 4.79 Å². The van der Waals surface area contributed by atoms with Crippen LogP contribution in [0.5, 0.6) is 0 Å². The summed E-state index contributed by atoms with van der Waals surface area (Å²) in [7, 11) is 0. The lowest BCUT2D eigenvalue weighted by Gasteiger charge is -2.21. The number of carbonyl (C=O) groups excluding carboxylic acids is 1. The molecule has 0 aromatic heterocycles. The van der Waals surface area contributed by atoms with E-state index in [9.17, 15) is 13.6 Å². The first-order valence-electron chi connectivity index (χ1n) is 6.38. The predicted octanol–water partition coefficient (Wildman–Crippen LogP) is 3.74. The van der Waals surface area contributed by atoms with Crippen LogP contribution in [0.4, 0.5) is 8.78 Å². The molecule has 2 aromatic carbocycles. The molecule has 0 heterocycles. The van der Waals surface area contributed by atoms with Gasteiger partial charge in [-0.2, -0.15) is 5.26 Å². The highest BCUT2D eigenvalue weighted by atomic mass is 35.5. The average molecular weight is 321 g/mol. The van der Waals surface area contributed by atoms with Gasteiger partial charge in [-0.3, -0.25) is 4.79 Å². The monoisotopic (exact) mass is 320 g/mol. The third-order valence-corrected chi connectivity index (χ3v) is 3.37. The topological polar surface area (TPSA) is 52.9 Å². The van der Waals surface area contributed by atoms with Crippen molar-refractivity contribution in [2.24, 2.45) is 0 Å². The quantitative estimate of drug-likeness (QED) is 0.933. The van der Waals surface area contributed by atoms with Crippen LogP contribution in [0, 0.1) is 23.0 Å². The molecule has 1 N–H and O–H groups in total. The van der Waals surface area contributed by atoms with Crippen molar-refractivity contribution in [3.63, 3.8) is 0 Å². The second kappa shape index (κ2) is 7.01. The van der Waals surface area contributed by atoms with Crippen LogP contribution in [0.15, 0.2) is 42.5 Å². The molecule has 1 amide bonds. The molecule has 0 bridgehead atoms. The summed E-state index contributed by atoms with van der Waals surface area (Å²) in [6.07, 6.45) is -0.391. The third-order valence-electron chi connectivity index (χ3n) is 3.03. The normalized spacial score (nSPS) is 11.5. The minimum absolute atomic E-state index is 0.0561. The Balaban J connectivity index is 2.51. The van der Waals surface area contributed by atoms with Gasteiger partial charge in [0, 0.05) is 10.6 Å². The highest BCUT2D eigenvalue weighted by Crippen LogP contribution is 2.30. The number of carbonyl (C=O) groups is 1. The fourth-order valence-corrected chi connectivity index (χ4v) is 2.30. The minimum Gasteiger partial charge on any atom is -0.344 e. The van der Waals surface area contributed by atoms with Gasteiger partial charge in [-0.15, -0.1) is 0 Å². The number of hydrogen-bond acceptors (Lipinski definition) is 2. The Morgan fingerprint density at radius 2 is 1.95 bits per heavy atom. The van der Waals surface area contributed by atoms with Gasteiger partial charge >= 0.3 is 0 Å². The Morgan fingerprint density at radius 1 is 1.23 bits per heavy atom. The summed E-state index contributed by atoms with van der Waals surface area (Å²) >= 11 is 6.09. The maximum absolute atomic E-state index is 14.0. The summed E-state index contributed by atoms with van der Waals surface area (Å²) in [5.74, 6) is -1.91. The van der Waals surface area contributed by atoms with E-state index in [4.69, 9.17) is 16.9 Å². The molecule has 3 nitrogen and oxygen atoms in total. The van der Waals surface area contributed by atoms with Gasteiger partial charge in [-0.05, 0) is 29.8 Å². The van der Waals surface area contributed by atoms with Crippen LogP contribution in [-0.4, -0.2) is 5.91 Å². The van der Waals surface area contributed by atoms with Crippen molar-refractivity contribution in [3.05, 3.63) is 70.2 Å². The summed E-state index contributed by atoms with van der Waals surface area (Å²) in [6.45, 7) is 0. The van der Waals surface area contributed by atoms with E-state index in [1.54, 1.807) is 30.3 Å². The molecule has 0 spiro atoms. The predicted molar refractivity (Wildman–Crippen MR) is 78.0 cm³/mol. The van der Waals surface area contributed by atoms with E-state index in [-0.39, 0.29) is 5.56 Å². The minimum atomic E-state index is -0.981. The molecule has 0 saturated carbocycles. The molecule has 0 saturated heterocycles. The summed E-state index contributed by atoms with van der Waals surface area (Å²) in [5, 5.41) is 11.4. The zero-order valence-electron chi connectivity index (χ0n) is 11.3. The Hall–Kier alpha value is -2.45. The molecule has 1 atom stereocenters. The van der Waals surface area contributed by atoms with Crippen molar-refractivity contribution in [3.8, 4) is 6.07 Å². The lowest BCUT2D eigenvalue weighted by Crippen LogP contribution is -2.29. The number of amides is 1. The van der Waals surface area contributed by atoms with Gasteiger partial charge in [-0.25, -0.2) is 8.78 Å². The SMILES string of the molecule is N#CCC(=O)N[C@H](c1cc(F)ccc1F)c1ccccc1Cl. The standard InChI is InChI=1S/C16H11ClF2N2O/c17-13-4-2-1-3-11(13)16(21-15(22)7-8-20)12-9-10(18)5-6-14(12)19/h1-6,9,16H,7H2,(H,21,22)/t16-/m0/s1. The van der Waals surface area contributed by atoms with Gasteiger partial charge < -0.3 is 5.32 Å². The van der Waals surface area contributed by atoms with E-state index in [1.807, 2.05) is 0 Å². The zero-order chi connectivity index (χ0) is 16.1. The maximum Gasteiger partial charge on any atom is 0.234 e. The smallest absolute Gasteiger partial charge is 0.234 e. The van der Waals surface area contributed by atoms with E-state index in [0.717, 1.165) is 18.2 Å². The lowest BCUT2D eigenvalue weighted by atomic mass is 9.97. The third kappa shape index (κ3) is 3.60. The van der Waals surface area contributed by atoms with E-state index in [2.05, 4.69) is 5.32 Å². The lowest BCUT2D eigenvalue weighted by molar-refractivity contribution is -0.120. The number of halogens is 3. The van der Waals surface area contributed by atoms with Crippen molar-refractivity contribution in [1.82, 2.24) is 5.32 Å². The number of nitriles is 1. The summed E-state index contributed by atoms with van der Waals surface area (Å²) in [6, 6.07) is 10.2. The van der Waals surface area contributed by atoms with Crippen LogP contribution in [0.1, 0.15) is 23.6 Å². The summed E-state index contributed by atoms with van der Waals surface area (Å²) < 4.78 is 27.5. The Labute approximate surface area is 131 Å². The van der Waals surface area contributed by atoms with Gasteiger partial charge in [0.15, 0.2) is 0 Å². The first-order valence-corrected chi connectivity index (χ1v) is 6.76. The summed E-state index contributed by atoms with van der Waals surface area (Å²) in [4.78, 5) is 11.7. The highest BCUT2D eigenvalue weighted by molar-refractivity contribution is 6.31. The van der Waals surface area contributed by atoms with Crippen molar-refractivity contribution in [2.75, 3.05) is 0 Å². The summed E-state index contributed by atoms with van der Waals surface area (Å²) in [5.41, 5.74) is 0.361. The molecule has 2 rings (SSSR count). The number of nitrogens with zero attached hydrogens (tertiary/aromatic N) is 1. The molecule has 6 heteroatoms. The van der Waals surface area contributed by atoms with Gasteiger partial charge in [0.05, 0.1) is 12.1 Å². The Morgan fingerprint density at radius 3 is 2.64 bits per heavy atom. The molecule has 0 aliphatic rings. The molecule has 0 unspecified atom stereocenters. The average Bonchev–Trinajstić information content (AvgIpc) is 2.49. The van der Waals surface area contributed by atoms with E-state index < -0.39 is 30.0 Å². The highest BCUT2D eigenvalue weighted by Gasteiger charge is 2.22. The Kier molecular flexibility index (Phi) is 5.08. The maximum atomic E-state index is 14.0. The van der Waals surface area contributed by atoms with Crippen molar-refractivity contribution < 1.29 is 13.6 Å². The number of rotatable bonds is 4. The van der Waals surface area contributed by atoms with Gasteiger partial charge in [-0.1, -0.05) is 29.8 Å². The van der Waals surface area contributed by atoms with Crippen LogP contribution in [0.3, 0.4) is 0 Å². The van der Waals surface area contributed by atoms with Crippen LogP contribution < -0.4 is 5.32 Å². The van der Waals surface area contributed by atoms with Gasteiger partial charge in [0.25, 0.3) is 0 Å². The molecule has 22 heavy (non-hydrogen) atoms. The number of benzene rings is 2. The second-order valence-electron chi connectivity index (χ2n) is 4.52. The Bertz CT molecular complexity index is 743. The number of nitrogens with one attached hydrogen (secondary N) is 1. The fourth-order valence-electron chi connectivity index (χ4n) is 2.05. The van der Waals surface area contributed by atoms with Crippen LogP contribution >= 0.6 is 11.6 Å². The van der Waals surface area contributed by atoms with Crippen molar-refractivity contribution >= 4 is 17.5 Å². The van der Waals surface area contributed by atoms with E-state index >= 15 is 0 Å². The zero-order valence-corrected chi connectivity index (χ0v) is 12.1. The van der Waals surface area contributed by atoms with Crippen LogP contribution in [0.2, 0.25) is 5.02 Å². The molecule has 0 aliphatic heterocycles. The molecular formula is C16H11ClF2N2O. The van der Waals surface area contributed by atoms with E-state index in [1.165, 1.54) is 0 Å². The fraction of sp³-hybridized carbons (Fsp3) is 0.125. The van der Waals surface area contributed by atoms with Crippen LogP contribution in [0.25, 0.3) is 0 Å². The molecular weight excluding hydrogens is 310 g/mol. The largest absolute Gasteiger partial charge is 0.344 e. The number of hydrogen-bond donors (Lipinski definition) is 1. The van der Waals surface area contributed by atoms with Crippen molar-refractivity contribution in [1.29, 1.82) is 5.26 Å². The molecule has 112 valence electrons.